The third kappa shape index (κ3) is 5.38. The Balaban J connectivity index is 1.20. The fourth-order valence-electron chi connectivity index (χ4n) is 5.18. The highest BCUT2D eigenvalue weighted by molar-refractivity contribution is 8.32. The highest BCUT2D eigenvalue weighted by atomic mass is 35.5. The number of nitrogens with zero attached hydrogens (tertiary/aromatic N) is 8. The van der Waals surface area contributed by atoms with E-state index in [-0.39, 0.29) is 22.8 Å². The van der Waals surface area contributed by atoms with Crippen molar-refractivity contribution in [2.45, 2.75) is 48.4 Å². The molecule has 10 atom stereocenters. The molecule has 4 aromatic rings. The van der Waals surface area contributed by atoms with Crippen molar-refractivity contribution in [3.63, 3.8) is 0 Å². The van der Waals surface area contributed by atoms with Crippen LogP contribution in [-0.2, 0) is 56.2 Å². The molecule has 0 saturated carbocycles. The Kier molecular flexibility index (Phi) is 7.85. The molecule has 44 heavy (non-hydrogen) atoms. The quantitative estimate of drug-likeness (QED) is 0.124. The van der Waals surface area contributed by atoms with Crippen LogP contribution >= 0.6 is 25.1 Å². The summed E-state index contributed by atoms with van der Waals surface area (Å²) in [4.78, 5) is 35.8. The van der Waals surface area contributed by atoms with E-state index in [0.29, 0.717) is 11.2 Å². The lowest BCUT2D eigenvalue weighted by atomic mass is 10.1. The fourth-order valence-corrected chi connectivity index (χ4v) is 8.50. The zero-order valence-corrected chi connectivity index (χ0v) is 26.1. The third-order valence-electron chi connectivity index (χ3n) is 7.21. The molecule has 6 N–H and O–H groups in total. The Hall–Kier alpha value is -2.10. The van der Waals surface area contributed by atoms with Crippen LogP contribution in [0.2, 0.25) is 0 Å². The standard InChI is InChI=1S/C20H23ClN10O9P2S2/c21-9-13-8(38-19(9)30-5-28-10-15(22)24-3-26-17(10)30)2-36-42(34,44)40-14-12(32)7(1-35-41(33,43)39-13)37-20(14)31-6-29-11-16(23)25-4-27-18(11)31/h3-9,12-14,19-20,32H,1-2H2,(H,33,43)(H,34,44)(H2,22,24,26)(H2,23,25,27)/p-1/t7-,8-,9-,12-,13-,14-,19-,20-,41?,42?/m1/s1. The number of nitrogens with two attached hydrogens (primary N) is 2. The van der Waals surface area contributed by atoms with Gasteiger partial charge >= 0.3 is 6.72 Å². The molecule has 3 aliphatic rings. The van der Waals surface area contributed by atoms with Crippen LogP contribution in [0, 0.1) is 0 Å². The maximum Gasteiger partial charge on any atom is 0.325 e. The molecule has 19 nitrogen and oxygen atoms in total. The van der Waals surface area contributed by atoms with E-state index >= 15 is 0 Å². The Morgan fingerprint density at radius 1 is 0.886 bits per heavy atom. The number of aromatic nitrogens is 8. The summed E-state index contributed by atoms with van der Waals surface area (Å²) in [5, 5.41) is 10.1. The van der Waals surface area contributed by atoms with Gasteiger partial charge in [-0.1, -0.05) is 0 Å². The van der Waals surface area contributed by atoms with Gasteiger partial charge in [0, 0.05) is 0 Å². The van der Waals surface area contributed by atoms with Gasteiger partial charge in [-0.2, -0.15) is 0 Å². The first-order chi connectivity index (χ1) is 20.9. The zero-order chi connectivity index (χ0) is 31.0. The molecule has 3 fully saturated rings. The maximum absolute atomic E-state index is 13.4. The van der Waals surface area contributed by atoms with Crippen LogP contribution in [0.3, 0.4) is 0 Å². The highest BCUT2D eigenvalue weighted by Gasteiger charge is 2.52. The molecule has 4 aromatic heterocycles. The zero-order valence-electron chi connectivity index (χ0n) is 21.9. The van der Waals surface area contributed by atoms with Crippen LogP contribution in [0.1, 0.15) is 12.5 Å². The van der Waals surface area contributed by atoms with Gasteiger partial charge in [-0.25, -0.2) is 29.9 Å². The first kappa shape index (κ1) is 30.5. The van der Waals surface area contributed by atoms with Crippen LogP contribution in [0.4, 0.5) is 11.6 Å². The average Bonchev–Trinajstić information content (AvgIpc) is 3.73. The maximum atomic E-state index is 13.4. The number of hydrogen-bond acceptors (Lipinski definition) is 18. The second-order valence-electron chi connectivity index (χ2n) is 9.88. The van der Waals surface area contributed by atoms with E-state index in [4.69, 9.17) is 74.7 Å². The summed E-state index contributed by atoms with van der Waals surface area (Å²) < 4.78 is 51.1. The fraction of sp³-hybridized carbons (Fsp3) is 0.500. The molecular formula is C20H22ClN10O9P2S2-. The van der Waals surface area contributed by atoms with Crippen molar-refractivity contribution in [3.05, 3.63) is 25.3 Å². The second kappa shape index (κ2) is 11.3. The van der Waals surface area contributed by atoms with Crippen molar-refractivity contribution >= 4 is 83.1 Å². The van der Waals surface area contributed by atoms with Crippen LogP contribution in [0.5, 0.6) is 0 Å². The second-order valence-corrected chi connectivity index (χ2v) is 15.9. The van der Waals surface area contributed by atoms with Gasteiger partial charge in [-0.3, -0.25) is 18.2 Å². The number of alkyl halides is 1. The molecule has 236 valence electrons. The lowest BCUT2D eigenvalue weighted by Gasteiger charge is -2.31. The SMILES string of the molecule is Nc1ncnc2c1ncn2[C@@H]1O[C@@H]2COP(O)(=S)O[C@@H]3[C@H](O)[C@@H](COP(=O)([S-])O[C@H]2[C@H]1Cl)O[C@H]3n1cnc2c(N)ncnc21. The van der Waals surface area contributed by atoms with E-state index in [1.54, 1.807) is 0 Å². The number of rotatable bonds is 2. The molecule has 0 amide bonds. The van der Waals surface area contributed by atoms with Gasteiger partial charge in [-0.05, 0) is 11.8 Å². The lowest BCUT2D eigenvalue weighted by Crippen LogP contribution is -2.35. The number of aliphatic hydroxyl groups is 1. The molecular weight excluding hydrogens is 686 g/mol. The van der Waals surface area contributed by atoms with E-state index in [0.717, 1.165) is 0 Å². The topological polar surface area (TPSA) is 252 Å². The van der Waals surface area contributed by atoms with Gasteiger partial charge in [0.1, 0.15) is 59.6 Å². The van der Waals surface area contributed by atoms with Crippen LogP contribution in [0.25, 0.3) is 22.3 Å². The van der Waals surface area contributed by atoms with Gasteiger partial charge in [0.2, 0.25) is 0 Å². The molecule has 0 spiro atoms. The number of ether oxygens (including phenoxy) is 2. The molecule has 24 heteroatoms. The molecule has 0 aliphatic carbocycles. The minimum absolute atomic E-state index is 0.105. The smallest absolute Gasteiger partial charge is 0.325 e. The molecule has 0 aromatic carbocycles. The van der Waals surface area contributed by atoms with Crippen molar-refractivity contribution in [2.75, 3.05) is 24.7 Å². The first-order valence-corrected chi connectivity index (χ1v) is 18.3. The summed E-state index contributed by atoms with van der Waals surface area (Å²) in [6, 6.07) is 0. The van der Waals surface area contributed by atoms with Crippen LogP contribution in [0.15, 0.2) is 25.3 Å². The molecule has 3 aliphatic heterocycles. The summed E-state index contributed by atoms with van der Waals surface area (Å²) in [6.45, 7) is -9.41. The Morgan fingerprint density at radius 3 is 2.09 bits per heavy atom. The Bertz CT molecular complexity index is 1840. The Morgan fingerprint density at radius 2 is 1.45 bits per heavy atom. The van der Waals surface area contributed by atoms with Gasteiger partial charge in [-0.15, -0.1) is 11.6 Å². The van der Waals surface area contributed by atoms with Crippen molar-refractivity contribution < 1.29 is 42.1 Å². The largest absolute Gasteiger partial charge is 0.660 e. The predicted octanol–water partition coefficient (Wildman–Crippen LogP) is 0.283. The minimum Gasteiger partial charge on any atom is -0.660 e. The molecule has 0 radical (unpaired) electrons. The molecule has 2 unspecified atom stereocenters. The number of anilines is 2. The van der Waals surface area contributed by atoms with Gasteiger partial charge < -0.3 is 56.8 Å². The van der Waals surface area contributed by atoms with Crippen LogP contribution in [-0.4, -0.2) is 98.1 Å². The lowest BCUT2D eigenvalue weighted by molar-refractivity contribution is -0.0584. The summed E-state index contributed by atoms with van der Waals surface area (Å²) in [6.07, 6.45) is -3.25. The van der Waals surface area contributed by atoms with Crippen molar-refractivity contribution in [1.29, 1.82) is 0 Å². The number of hydrogen-bond donors (Lipinski definition) is 4. The number of fused-ring (bicyclic) bond motifs is 5. The number of halogens is 1. The van der Waals surface area contributed by atoms with Crippen molar-refractivity contribution in [2.24, 2.45) is 0 Å². The molecule has 7 rings (SSSR count). The number of nitrogen functional groups attached to an aromatic ring is 2. The van der Waals surface area contributed by atoms with E-state index in [1.165, 1.54) is 34.4 Å². The average molecular weight is 708 g/mol. The van der Waals surface area contributed by atoms with Gasteiger partial charge in [0.25, 0.3) is 0 Å². The monoisotopic (exact) mass is 707 g/mol. The third-order valence-corrected chi connectivity index (χ3v) is 10.8. The van der Waals surface area contributed by atoms with Crippen molar-refractivity contribution in [1.82, 2.24) is 39.0 Å². The van der Waals surface area contributed by atoms with E-state index < -0.39 is 75.1 Å². The van der Waals surface area contributed by atoms with Crippen LogP contribution < -0.4 is 11.5 Å². The molecule has 2 bridgehead atoms. The first-order valence-electron chi connectivity index (χ1n) is 12.7. The summed E-state index contributed by atoms with van der Waals surface area (Å²) in [5.74, 6) is 0.242. The van der Waals surface area contributed by atoms with E-state index in [1.807, 2.05) is 0 Å². The summed E-state index contributed by atoms with van der Waals surface area (Å²) in [5.41, 5.74) is 12.9. The predicted molar refractivity (Wildman–Crippen MR) is 156 cm³/mol. The summed E-state index contributed by atoms with van der Waals surface area (Å²) in [7, 11) is 0. The summed E-state index contributed by atoms with van der Waals surface area (Å²) >= 11 is 17.2. The number of aliphatic hydroxyl groups excluding tert-OH is 1. The molecule has 7 heterocycles. The molecule has 3 saturated heterocycles. The minimum atomic E-state index is -4.31. The van der Waals surface area contributed by atoms with Gasteiger partial charge in [0.15, 0.2) is 42.2 Å². The van der Waals surface area contributed by atoms with Crippen molar-refractivity contribution in [3.8, 4) is 0 Å². The van der Waals surface area contributed by atoms with Gasteiger partial charge in [0.05, 0.1) is 25.9 Å². The normalized spacial score (nSPS) is 38.3. The highest BCUT2D eigenvalue weighted by Crippen LogP contribution is 2.55. The Labute approximate surface area is 262 Å². The number of imidazole rings is 2. The van der Waals surface area contributed by atoms with E-state index in [2.05, 4.69) is 29.9 Å². The van der Waals surface area contributed by atoms with E-state index in [9.17, 15) is 14.6 Å².